The van der Waals surface area contributed by atoms with Gasteiger partial charge in [-0.1, -0.05) is 27.7 Å². The van der Waals surface area contributed by atoms with Crippen LogP contribution in [0.3, 0.4) is 0 Å². The Balaban J connectivity index is 2.66. The van der Waals surface area contributed by atoms with Gasteiger partial charge in [-0.05, 0) is 67.0 Å². The summed E-state index contributed by atoms with van der Waals surface area (Å²) in [7, 11) is 5.24. The highest BCUT2D eigenvalue weighted by Gasteiger charge is 2.51. The van der Waals surface area contributed by atoms with Crippen molar-refractivity contribution in [1.82, 2.24) is 4.90 Å². The predicted molar refractivity (Wildman–Crippen MR) is 157 cm³/mol. The van der Waals surface area contributed by atoms with Gasteiger partial charge in [-0.2, -0.15) is 5.10 Å². The number of carbonyl (C=O) groups is 2. The standard InChI is InChI=1S/C30H55N3O9/c1-12-21-30(8,38)25(36)17(4)22(32-31)15(2)14-29(7,39-11)26(18(5)23(34)19(6)27(37)41-21)42-28-24(35)20(33(9)10)13-16(3)40-28/h15-21,24-26,28,35-36,38H,12-14,31H2,1-11H3. The number of ether oxygens (including phenoxy) is 4. The molecule has 0 aromatic heterocycles. The summed E-state index contributed by atoms with van der Waals surface area (Å²) in [5.74, 6) is 1.32. The lowest BCUT2D eigenvalue weighted by atomic mass is 9.74. The van der Waals surface area contributed by atoms with Gasteiger partial charge in [0, 0.05) is 30.7 Å². The highest BCUT2D eigenvalue weighted by atomic mass is 16.7. The number of methoxy groups -OCH3 is 1. The van der Waals surface area contributed by atoms with Gasteiger partial charge < -0.3 is 45.0 Å². The number of ketones is 1. The number of cyclic esters (lactones) is 1. The van der Waals surface area contributed by atoms with Crippen LogP contribution in [0.1, 0.15) is 74.7 Å². The van der Waals surface area contributed by atoms with Crippen molar-refractivity contribution >= 4 is 17.5 Å². The first-order valence-electron chi connectivity index (χ1n) is 15.0. The Morgan fingerprint density at radius 2 is 1.69 bits per heavy atom. The average molecular weight is 602 g/mol. The molecule has 12 nitrogen and oxygen atoms in total. The molecule has 2 rings (SSSR count). The molecule has 244 valence electrons. The fraction of sp³-hybridized carbons (Fsp3) is 0.900. The normalized spacial score (nSPS) is 46.0. The van der Waals surface area contributed by atoms with Gasteiger partial charge in [0.15, 0.2) is 12.1 Å². The van der Waals surface area contributed by atoms with Gasteiger partial charge in [0.05, 0.1) is 23.9 Å². The van der Waals surface area contributed by atoms with Crippen molar-refractivity contribution in [3.63, 3.8) is 0 Å². The minimum absolute atomic E-state index is 0.194. The number of likely N-dealkylation sites (N-methyl/N-ethyl adjacent to an activating group) is 1. The number of carbonyl (C=O) groups excluding carboxylic acids is 2. The summed E-state index contributed by atoms with van der Waals surface area (Å²) in [5, 5.41) is 37.9. The van der Waals surface area contributed by atoms with Crippen molar-refractivity contribution in [2.24, 2.45) is 34.6 Å². The molecule has 13 unspecified atom stereocenters. The quantitative estimate of drug-likeness (QED) is 0.156. The number of rotatable bonds is 5. The summed E-state index contributed by atoms with van der Waals surface area (Å²) >= 11 is 0. The first-order chi connectivity index (χ1) is 19.4. The van der Waals surface area contributed by atoms with Gasteiger partial charge in [0.25, 0.3) is 0 Å². The SMILES string of the molecule is CCC1OC(=O)C(C)C(=O)C(C)C(OC2OC(C)CC(N(C)C)C2O)C(C)(OC)CC(C)C(=NN)C(C)C(O)C1(C)O. The summed E-state index contributed by atoms with van der Waals surface area (Å²) in [4.78, 5) is 29.1. The van der Waals surface area contributed by atoms with E-state index in [1.807, 2.05) is 32.8 Å². The molecule has 2 heterocycles. The van der Waals surface area contributed by atoms with Gasteiger partial charge >= 0.3 is 5.97 Å². The first kappa shape index (κ1) is 36.5. The molecule has 2 fully saturated rings. The van der Waals surface area contributed by atoms with Crippen LogP contribution in [0, 0.1) is 23.7 Å². The van der Waals surface area contributed by atoms with Crippen LogP contribution in [0.4, 0.5) is 0 Å². The van der Waals surface area contributed by atoms with Gasteiger partial charge in [0.2, 0.25) is 0 Å². The van der Waals surface area contributed by atoms with Crippen LogP contribution in [-0.2, 0) is 28.5 Å². The maximum absolute atomic E-state index is 13.9. The van der Waals surface area contributed by atoms with Gasteiger partial charge in [0.1, 0.15) is 23.7 Å². The number of nitrogens with two attached hydrogens (primary N) is 1. The molecule has 2 saturated heterocycles. The third-order valence-corrected chi connectivity index (χ3v) is 9.49. The molecule has 42 heavy (non-hydrogen) atoms. The van der Waals surface area contributed by atoms with Crippen LogP contribution in [0.25, 0.3) is 0 Å². The molecule has 0 aliphatic carbocycles. The Hall–Kier alpha value is -1.67. The molecule has 0 bridgehead atoms. The molecule has 0 amide bonds. The van der Waals surface area contributed by atoms with Crippen LogP contribution in [0.5, 0.6) is 0 Å². The van der Waals surface area contributed by atoms with Crippen LogP contribution >= 0.6 is 0 Å². The van der Waals surface area contributed by atoms with Gasteiger partial charge in [-0.15, -0.1) is 0 Å². The Morgan fingerprint density at radius 1 is 1.10 bits per heavy atom. The Labute approximate surface area is 250 Å². The van der Waals surface area contributed by atoms with Crippen molar-refractivity contribution in [2.45, 2.75) is 129 Å². The number of aliphatic hydroxyl groups is 3. The maximum atomic E-state index is 13.9. The van der Waals surface area contributed by atoms with E-state index in [9.17, 15) is 24.9 Å². The van der Waals surface area contributed by atoms with Crippen molar-refractivity contribution < 1.29 is 43.9 Å². The second-order valence-electron chi connectivity index (χ2n) is 13.0. The minimum Gasteiger partial charge on any atom is -0.459 e. The number of aliphatic hydroxyl groups excluding tert-OH is 2. The third kappa shape index (κ3) is 7.51. The largest absolute Gasteiger partial charge is 0.459 e. The predicted octanol–water partition coefficient (Wildman–Crippen LogP) is 1.47. The van der Waals surface area contributed by atoms with E-state index in [0.717, 1.165) is 0 Å². The molecule has 0 aromatic rings. The maximum Gasteiger partial charge on any atom is 0.316 e. The van der Waals surface area contributed by atoms with Gasteiger partial charge in [-0.25, -0.2) is 0 Å². The second kappa shape index (κ2) is 14.4. The molecule has 2 aliphatic heterocycles. The first-order valence-corrected chi connectivity index (χ1v) is 15.0. The molecule has 5 N–H and O–H groups in total. The lowest BCUT2D eigenvalue weighted by Gasteiger charge is -2.47. The van der Waals surface area contributed by atoms with Crippen LogP contribution in [0.15, 0.2) is 5.10 Å². The smallest absolute Gasteiger partial charge is 0.316 e. The summed E-state index contributed by atoms with van der Waals surface area (Å²) < 4.78 is 24.3. The molecular weight excluding hydrogens is 546 g/mol. The fourth-order valence-electron chi connectivity index (χ4n) is 6.69. The number of hydrogen-bond acceptors (Lipinski definition) is 12. The molecule has 0 radical (unpaired) electrons. The molecule has 2 aliphatic rings. The topological polar surface area (TPSA) is 173 Å². The van der Waals surface area contributed by atoms with Crippen molar-refractivity contribution in [3.8, 4) is 0 Å². The highest BCUT2D eigenvalue weighted by molar-refractivity contribution is 6.00. The number of hydrazone groups is 1. The number of nitrogens with zero attached hydrogens (tertiary/aromatic N) is 2. The van der Waals surface area contributed by atoms with E-state index in [1.54, 1.807) is 27.7 Å². The summed E-state index contributed by atoms with van der Waals surface area (Å²) in [6, 6.07) is -0.248. The van der Waals surface area contributed by atoms with E-state index >= 15 is 0 Å². The number of Topliss-reactive ketones (excluding diaryl/α,β-unsaturated/α-hetero) is 1. The molecule has 0 saturated carbocycles. The number of esters is 1. The lowest BCUT2D eigenvalue weighted by Crippen LogP contribution is -2.60. The zero-order chi connectivity index (χ0) is 32.3. The molecule has 0 aromatic carbocycles. The summed E-state index contributed by atoms with van der Waals surface area (Å²) in [6.45, 7) is 13.5. The van der Waals surface area contributed by atoms with E-state index in [-0.39, 0.29) is 25.0 Å². The number of hydrogen-bond donors (Lipinski definition) is 4. The average Bonchev–Trinajstić information content (AvgIpc) is 2.93. The second-order valence-corrected chi connectivity index (χ2v) is 13.0. The van der Waals surface area contributed by atoms with Gasteiger partial charge in [-0.3, -0.25) is 9.59 Å². The van der Waals surface area contributed by atoms with Crippen molar-refractivity contribution in [1.29, 1.82) is 0 Å². The van der Waals surface area contributed by atoms with E-state index in [0.29, 0.717) is 12.1 Å². The highest BCUT2D eigenvalue weighted by Crippen LogP contribution is 2.38. The van der Waals surface area contributed by atoms with Crippen molar-refractivity contribution in [3.05, 3.63) is 0 Å². The third-order valence-electron chi connectivity index (χ3n) is 9.49. The Morgan fingerprint density at radius 3 is 2.19 bits per heavy atom. The molecular formula is C30H55N3O9. The molecule has 12 heteroatoms. The summed E-state index contributed by atoms with van der Waals surface area (Å²) in [5.41, 5.74) is -2.62. The van der Waals surface area contributed by atoms with E-state index in [2.05, 4.69) is 5.10 Å². The Kier molecular flexibility index (Phi) is 12.5. The van der Waals surface area contributed by atoms with Crippen LogP contribution in [0.2, 0.25) is 0 Å². The van der Waals surface area contributed by atoms with E-state index in [4.69, 9.17) is 24.8 Å². The lowest BCUT2D eigenvalue weighted by molar-refractivity contribution is -0.295. The fourth-order valence-corrected chi connectivity index (χ4v) is 6.69. The molecule has 13 atom stereocenters. The minimum atomic E-state index is -1.86. The monoisotopic (exact) mass is 601 g/mol. The van der Waals surface area contributed by atoms with E-state index in [1.165, 1.54) is 21.0 Å². The zero-order valence-corrected chi connectivity index (χ0v) is 27.2. The summed E-state index contributed by atoms with van der Waals surface area (Å²) in [6.07, 6.45) is -4.77. The van der Waals surface area contributed by atoms with Crippen LogP contribution < -0.4 is 5.84 Å². The molecule has 0 spiro atoms. The van der Waals surface area contributed by atoms with Crippen molar-refractivity contribution in [2.75, 3.05) is 21.2 Å². The Bertz CT molecular complexity index is 960. The zero-order valence-electron chi connectivity index (χ0n) is 27.2. The van der Waals surface area contributed by atoms with E-state index < -0.39 is 77.3 Å². The van der Waals surface area contributed by atoms with Crippen LogP contribution in [-0.4, -0.2) is 113 Å².